The zero-order chi connectivity index (χ0) is 19.9. The lowest BCUT2D eigenvalue weighted by atomic mass is 9.91. The van der Waals surface area contributed by atoms with Crippen LogP contribution in [0.2, 0.25) is 0 Å². The third kappa shape index (κ3) is 5.57. The predicted molar refractivity (Wildman–Crippen MR) is 108 cm³/mol. The van der Waals surface area contributed by atoms with Crippen molar-refractivity contribution in [1.29, 1.82) is 0 Å². The second kappa shape index (κ2) is 10.4. The van der Waals surface area contributed by atoms with Crippen molar-refractivity contribution in [3.05, 3.63) is 11.6 Å². The van der Waals surface area contributed by atoms with Gasteiger partial charge < -0.3 is 19.7 Å². The first-order valence-electron chi connectivity index (χ1n) is 11.0. The summed E-state index contributed by atoms with van der Waals surface area (Å²) in [6, 6.07) is 0.305. The number of carbonyl (C=O) groups excluding carboxylic acids is 2. The second-order valence-corrected chi connectivity index (χ2v) is 8.54. The maximum Gasteiger partial charge on any atom is 0.246 e. The molecule has 2 amide bonds. The molecule has 28 heavy (non-hydrogen) atoms. The molecule has 1 aliphatic heterocycles. The number of nitrogens with one attached hydrogen (secondary N) is 1. The molecular formula is C22H36N2O4. The van der Waals surface area contributed by atoms with E-state index in [1.807, 2.05) is 11.9 Å². The fourth-order valence-electron chi connectivity index (χ4n) is 4.70. The molecule has 6 nitrogen and oxygen atoms in total. The number of hydrogen-bond donors (Lipinski definition) is 1. The van der Waals surface area contributed by atoms with Gasteiger partial charge in [-0.25, -0.2) is 0 Å². The van der Waals surface area contributed by atoms with Gasteiger partial charge in [-0.3, -0.25) is 9.59 Å². The Morgan fingerprint density at radius 2 is 2.00 bits per heavy atom. The number of rotatable bonds is 6. The van der Waals surface area contributed by atoms with E-state index in [4.69, 9.17) is 9.47 Å². The summed E-state index contributed by atoms with van der Waals surface area (Å²) in [4.78, 5) is 27.2. The van der Waals surface area contributed by atoms with Crippen molar-refractivity contribution in [1.82, 2.24) is 10.2 Å². The van der Waals surface area contributed by atoms with E-state index in [2.05, 4.69) is 11.4 Å². The van der Waals surface area contributed by atoms with E-state index < -0.39 is 0 Å². The van der Waals surface area contributed by atoms with Crippen LogP contribution < -0.4 is 5.32 Å². The summed E-state index contributed by atoms with van der Waals surface area (Å²) in [7, 11) is 3.69. The lowest BCUT2D eigenvalue weighted by Gasteiger charge is -2.35. The first-order valence-corrected chi connectivity index (χ1v) is 11.0. The smallest absolute Gasteiger partial charge is 0.246 e. The molecule has 1 N–H and O–H groups in total. The number of allylic oxidation sites excluding steroid dienone is 1. The molecule has 3 aliphatic rings. The van der Waals surface area contributed by atoms with E-state index in [1.54, 1.807) is 7.11 Å². The van der Waals surface area contributed by atoms with Crippen LogP contribution in [0, 0.1) is 5.92 Å². The van der Waals surface area contributed by atoms with E-state index in [0.717, 1.165) is 50.5 Å². The van der Waals surface area contributed by atoms with E-state index in [-0.39, 0.29) is 23.8 Å². The average molecular weight is 393 g/mol. The SMILES string of the molecule is COC1CCC(N(C)C(=O)[C@@H]2CO[C@H](CNC(=O)C3=CCCCCC3)C2)CC1. The molecule has 2 atom stereocenters. The zero-order valence-corrected chi connectivity index (χ0v) is 17.5. The van der Waals surface area contributed by atoms with Crippen LogP contribution in [0.3, 0.4) is 0 Å². The maximum atomic E-state index is 12.9. The lowest BCUT2D eigenvalue weighted by Crippen LogP contribution is -2.43. The number of hydrogen-bond acceptors (Lipinski definition) is 4. The average Bonchev–Trinajstić information content (AvgIpc) is 3.04. The number of ether oxygens (including phenoxy) is 2. The topological polar surface area (TPSA) is 67.9 Å². The molecule has 0 aromatic rings. The highest BCUT2D eigenvalue weighted by atomic mass is 16.5. The molecule has 0 aromatic heterocycles. The normalized spacial score (nSPS) is 31.0. The molecule has 1 heterocycles. The number of amides is 2. The second-order valence-electron chi connectivity index (χ2n) is 8.54. The predicted octanol–water partition coefficient (Wildman–Crippen LogP) is 2.81. The molecule has 0 bridgehead atoms. The Kier molecular flexibility index (Phi) is 7.91. The minimum atomic E-state index is -0.0934. The summed E-state index contributed by atoms with van der Waals surface area (Å²) >= 11 is 0. The molecule has 3 rings (SSSR count). The van der Waals surface area contributed by atoms with Gasteiger partial charge >= 0.3 is 0 Å². The molecule has 0 aromatic carbocycles. The lowest BCUT2D eigenvalue weighted by molar-refractivity contribution is -0.137. The largest absolute Gasteiger partial charge is 0.381 e. The van der Waals surface area contributed by atoms with Gasteiger partial charge in [-0.15, -0.1) is 0 Å². The third-order valence-electron chi connectivity index (χ3n) is 6.63. The van der Waals surface area contributed by atoms with Crippen LogP contribution in [-0.4, -0.2) is 62.3 Å². The zero-order valence-electron chi connectivity index (χ0n) is 17.5. The summed E-state index contributed by atoms with van der Waals surface area (Å²) in [5.74, 6) is 0.123. The summed E-state index contributed by atoms with van der Waals surface area (Å²) < 4.78 is 11.2. The van der Waals surface area contributed by atoms with Crippen LogP contribution in [0.5, 0.6) is 0 Å². The molecule has 1 saturated carbocycles. The van der Waals surface area contributed by atoms with Crippen molar-refractivity contribution in [2.75, 3.05) is 27.3 Å². The molecule has 0 spiro atoms. The van der Waals surface area contributed by atoms with Crippen molar-refractivity contribution >= 4 is 11.8 Å². The maximum absolute atomic E-state index is 12.9. The Morgan fingerprint density at radius 3 is 2.75 bits per heavy atom. The molecule has 2 fully saturated rings. The minimum absolute atomic E-state index is 0.0345. The quantitative estimate of drug-likeness (QED) is 0.755. The Hall–Kier alpha value is -1.40. The van der Waals surface area contributed by atoms with Gasteiger partial charge in [-0.2, -0.15) is 0 Å². The van der Waals surface area contributed by atoms with Crippen molar-refractivity contribution in [3.63, 3.8) is 0 Å². The molecule has 158 valence electrons. The number of carbonyl (C=O) groups is 2. The van der Waals surface area contributed by atoms with E-state index in [1.165, 1.54) is 12.8 Å². The Morgan fingerprint density at radius 1 is 1.21 bits per heavy atom. The van der Waals surface area contributed by atoms with Crippen molar-refractivity contribution in [3.8, 4) is 0 Å². The van der Waals surface area contributed by atoms with Gasteiger partial charge in [-0.05, 0) is 57.8 Å². The summed E-state index contributed by atoms with van der Waals surface area (Å²) in [5.41, 5.74) is 0.912. The van der Waals surface area contributed by atoms with Crippen molar-refractivity contribution in [2.45, 2.75) is 82.5 Å². The van der Waals surface area contributed by atoms with Crippen LogP contribution in [-0.2, 0) is 19.1 Å². The van der Waals surface area contributed by atoms with Crippen LogP contribution >= 0.6 is 0 Å². The van der Waals surface area contributed by atoms with E-state index in [9.17, 15) is 9.59 Å². The fourth-order valence-corrected chi connectivity index (χ4v) is 4.70. The molecule has 1 saturated heterocycles. The monoisotopic (exact) mass is 392 g/mol. The highest BCUT2D eigenvalue weighted by Gasteiger charge is 2.35. The summed E-state index contributed by atoms with van der Waals surface area (Å²) in [6.45, 7) is 0.947. The van der Waals surface area contributed by atoms with Gasteiger partial charge in [0.2, 0.25) is 11.8 Å². The van der Waals surface area contributed by atoms with Crippen molar-refractivity contribution in [2.24, 2.45) is 5.92 Å². The van der Waals surface area contributed by atoms with Gasteiger partial charge in [-0.1, -0.05) is 12.5 Å². The highest BCUT2D eigenvalue weighted by molar-refractivity contribution is 5.93. The first-order chi connectivity index (χ1) is 13.6. The molecule has 2 aliphatic carbocycles. The third-order valence-corrected chi connectivity index (χ3v) is 6.63. The van der Waals surface area contributed by atoms with Crippen molar-refractivity contribution < 1.29 is 19.1 Å². The van der Waals surface area contributed by atoms with E-state index >= 15 is 0 Å². The molecule has 0 radical (unpaired) electrons. The highest BCUT2D eigenvalue weighted by Crippen LogP contribution is 2.28. The van der Waals surface area contributed by atoms with Gasteiger partial charge in [0.1, 0.15) is 0 Å². The van der Waals surface area contributed by atoms with Crippen LogP contribution in [0.4, 0.5) is 0 Å². The first kappa shape index (κ1) is 21.3. The summed E-state index contributed by atoms with van der Waals surface area (Å²) in [6.07, 6.45) is 12.4. The number of nitrogens with zero attached hydrogens (tertiary/aromatic N) is 1. The minimum Gasteiger partial charge on any atom is -0.381 e. The number of methoxy groups -OCH3 is 1. The van der Waals surface area contributed by atoms with E-state index in [0.29, 0.717) is 31.7 Å². The van der Waals surface area contributed by atoms with Gasteiger partial charge in [0.05, 0.1) is 24.7 Å². The Bertz CT molecular complexity index is 569. The van der Waals surface area contributed by atoms with Gasteiger partial charge in [0, 0.05) is 32.3 Å². The Labute approximate surface area is 169 Å². The van der Waals surface area contributed by atoms with Gasteiger partial charge in [0.15, 0.2) is 0 Å². The van der Waals surface area contributed by atoms with Crippen LogP contribution in [0.1, 0.15) is 64.2 Å². The molecule has 6 heteroatoms. The van der Waals surface area contributed by atoms with Crippen LogP contribution in [0.25, 0.3) is 0 Å². The fraction of sp³-hybridized carbons (Fsp3) is 0.818. The van der Waals surface area contributed by atoms with Gasteiger partial charge in [0.25, 0.3) is 0 Å². The standard InChI is InChI=1S/C22H36N2O4/c1-24(18-9-11-19(27-2)12-10-18)22(26)17-13-20(28-15-17)14-23-21(25)16-7-5-3-4-6-8-16/h7,17-20H,3-6,8-15H2,1-2H3,(H,23,25)/t17-,18?,19?,20-/m0/s1. The molecular weight excluding hydrogens is 356 g/mol. The summed E-state index contributed by atoms with van der Waals surface area (Å²) in [5, 5.41) is 3.01. The van der Waals surface area contributed by atoms with Crippen LogP contribution in [0.15, 0.2) is 11.6 Å². The molecule has 0 unspecified atom stereocenters. The Balaban J connectivity index is 1.41.